The van der Waals surface area contributed by atoms with Crippen molar-refractivity contribution in [3.63, 3.8) is 0 Å². The highest BCUT2D eigenvalue weighted by Crippen LogP contribution is 2.24. The summed E-state index contributed by atoms with van der Waals surface area (Å²) in [6.07, 6.45) is 2.14. The van der Waals surface area contributed by atoms with Crippen LogP contribution in [0.3, 0.4) is 0 Å². The number of nitrogens with zero attached hydrogens (tertiary/aromatic N) is 1. The van der Waals surface area contributed by atoms with E-state index in [0.717, 1.165) is 17.0 Å². The number of thiazole rings is 1. The summed E-state index contributed by atoms with van der Waals surface area (Å²) >= 11 is 1.49. The molecule has 2 N–H and O–H groups in total. The highest BCUT2D eigenvalue weighted by Gasteiger charge is 2.33. The lowest BCUT2D eigenvalue weighted by Gasteiger charge is -2.25. The molecule has 1 aromatic carbocycles. The van der Waals surface area contributed by atoms with Gasteiger partial charge in [0.1, 0.15) is 10.5 Å². The highest BCUT2D eigenvalue weighted by molar-refractivity contribution is 7.13. The number of aliphatic carboxylic acids is 1. The summed E-state index contributed by atoms with van der Waals surface area (Å²) in [6.45, 7) is 5.54. The molecule has 2 aromatic rings. The molecule has 1 aromatic heterocycles. The number of rotatable bonds is 8. The molecule has 0 saturated heterocycles. The van der Waals surface area contributed by atoms with Gasteiger partial charge in [-0.3, -0.25) is 4.79 Å². The van der Waals surface area contributed by atoms with Gasteiger partial charge >= 0.3 is 5.97 Å². The predicted octanol–water partition coefficient (Wildman–Crippen LogP) is 3.67. The van der Waals surface area contributed by atoms with Crippen LogP contribution in [-0.4, -0.2) is 27.5 Å². The molecule has 0 aliphatic rings. The molecule has 1 amide bonds. The first-order valence-corrected chi connectivity index (χ1v) is 9.34. The van der Waals surface area contributed by atoms with Crippen molar-refractivity contribution in [3.05, 3.63) is 40.9 Å². The topological polar surface area (TPSA) is 79.3 Å². The number of aromatic nitrogens is 1. The van der Waals surface area contributed by atoms with Crippen molar-refractivity contribution in [3.8, 4) is 10.6 Å². The zero-order valence-electron chi connectivity index (χ0n) is 14.8. The van der Waals surface area contributed by atoms with E-state index in [-0.39, 0.29) is 12.3 Å². The number of carboxylic acids is 1. The van der Waals surface area contributed by atoms with Crippen LogP contribution < -0.4 is 5.32 Å². The monoisotopic (exact) mass is 360 g/mol. The molecule has 0 bridgehead atoms. The van der Waals surface area contributed by atoms with Crippen molar-refractivity contribution in [2.24, 2.45) is 0 Å². The summed E-state index contributed by atoms with van der Waals surface area (Å²) in [6, 6.07) is 8.22. The molecule has 0 saturated carbocycles. The van der Waals surface area contributed by atoms with E-state index in [2.05, 4.69) is 29.4 Å². The van der Waals surface area contributed by atoms with E-state index >= 15 is 0 Å². The maximum absolute atomic E-state index is 12.2. The van der Waals surface area contributed by atoms with E-state index in [4.69, 9.17) is 0 Å². The van der Waals surface area contributed by atoms with Crippen molar-refractivity contribution in [2.75, 3.05) is 0 Å². The average Bonchev–Trinajstić information content (AvgIpc) is 3.03. The largest absolute Gasteiger partial charge is 0.480 e. The highest BCUT2D eigenvalue weighted by atomic mass is 32.1. The van der Waals surface area contributed by atoms with Crippen LogP contribution in [0.1, 0.15) is 44.9 Å². The Morgan fingerprint density at radius 3 is 2.48 bits per heavy atom. The number of hydrogen-bond donors (Lipinski definition) is 2. The van der Waals surface area contributed by atoms with Crippen LogP contribution in [0.15, 0.2) is 29.6 Å². The lowest BCUT2D eigenvalue weighted by molar-refractivity contribution is -0.147. The summed E-state index contributed by atoms with van der Waals surface area (Å²) < 4.78 is 0. The number of carbonyl (C=O) groups excluding carboxylic acids is 1. The summed E-state index contributed by atoms with van der Waals surface area (Å²) in [7, 11) is 0. The molecule has 0 fully saturated rings. The Morgan fingerprint density at radius 1 is 1.24 bits per heavy atom. The van der Waals surface area contributed by atoms with E-state index in [0.29, 0.717) is 18.5 Å². The molecule has 0 aliphatic carbocycles. The second-order valence-corrected chi connectivity index (χ2v) is 7.16. The third-order valence-electron chi connectivity index (χ3n) is 4.14. The number of benzene rings is 1. The molecule has 0 radical (unpaired) electrons. The summed E-state index contributed by atoms with van der Waals surface area (Å²) in [5, 5.41) is 14.7. The maximum atomic E-state index is 12.2. The lowest BCUT2D eigenvalue weighted by Crippen LogP contribution is -2.52. The molecule has 0 aliphatic heterocycles. The lowest BCUT2D eigenvalue weighted by atomic mass is 9.96. The van der Waals surface area contributed by atoms with Crippen molar-refractivity contribution in [2.45, 2.75) is 52.0 Å². The second-order valence-electron chi connectivity index (χ2n) is 6.31. The van der Waals surface area contributed by atoms with E-state index in [9.17, 15) is 14.7 Å². The molecule has 25 heavy (non-hydrogen) atoms. The number of aryl methyl sites for hydroxylation is 1. The molecular weight excluding hydrogens is 336 g/mol. The zero-order valence-corrected chi connectivity index (χ0v) is 15.7. The minimum atomic E-state index is -1.24. The molecule has 5 nitrogen and oxygen atoms in total. The van der Waals surface area contributed by atoms with Crippen LogP contribution in [0.25, 0.3) is 10.6 Å². The first-order chi connectivity index (χ1) is 11.9. The van der Waals surface area contributed by atoms with E-state index in [1.165, 1.54) is 16.9 Å². The molecule has 0 spiro atoms. The minimum Gasteiger partial charge on any atom is -0.480 e. The maximum Gasteiger partial charge on any atom is 0.329 e. The van der Waals surface area contributed by atoms with E-state index < -0.39 is 11.5 Å². The van der Waals surface area contributed by atoms with Crippen molar-refractivity contribution in [1.82, 2.24) is 10.3 Å². The van der Waals surface area contributed by atoms with Crippen LogP contribution in [0.5, 0.6) is 0 Å². The quantitative estimate of drug-likeness (QED) is 0.753. The fraction of sp³-hybridized carbons (Fsp3) is 0.421. The SMILES string of the molecule is CCCC(C)(NC(=O)Cc1csc(-c2ccc(CC)cc2)n1)C(=O)O. The normalized spacial score (nSPS) is 13.2. The molecule has 2 rings (SSSR count). The average molecular weight is 360 g/mol. The molecule has 134 valence electrons. The Labute approximate surface area is 152 Å². The zero-order chi connectivity index (χ0) is 18.4. The summed E-state index contributed by atoms with van der Waals surface area (Å²) in [4.78, 5) is 28.1. The first-order valence-electron chi connectivity index (χ1n) is 8.46. The molecular formula is C19H24N2O3S. The molecule has 1 atom stereocenters. The standard InChI is InChI=1S/C19H24N2O3S/c1-4-10-19(3,18(23)24)21-16(22)11-15-12-25-17(20-15)14-8-6-13(5-2)7-9-14/h6-9,12H,4-5,10-11H2,1-3H3,(H,21,22)(H,23,24). The van der Waals surface area contributed by atoms with Gasteiger partial charge in [0.15, 0.2) is 0 Å². The Bertz CT molecular complexity index is 739. The van der Waals surface area contributed by atoms with Gasteiger partial charge in [0, 0.05) is 10.9 Å². The number of hydrogen-bond acceptors (Lipinski definition) is 4. The van der Waals surface area contributed by atoms with E-state index in [1.54, 1.807) is 6.92 Å². The third kappa shape index (κ3) is 4.89. The van der Waals surface area contributed by atoms with Gasteiger partial charge in [-0.2, -0.15) is 0 Å². The van der Waals surface area contributed by atoms with Gasteiger partial charge in [0.2, 0.25) is 5.91 Å². The van der Waals surface area contributed by atoms with Crippen molar-refractivity contribution < 1.29 is 14.7 Å². The predicted molar refractivity (Wildman–Crippen MR) is 99.7 cm³/mol. The van der Waals surface area contributed by atoms with Gasteiger partial charge in [0.05, 0.1) is 12.1 Å². The van der Waals surface area contributed by atoms with Crippen LogP contribution in [-0.2, 0) is 22.4 Å². The number of carboxylic acid groups (broad SMARTS) is 1. The Kier molecular flexibility index (Phi) is 6.31. The van der Waals surface area contributed by atoms with Crippen molar-refractivity contribution in [1.29, 1.82) is 0 Å². The van der Waals surface area contributed by atoms with E-state index in [1.807, 2.05) is 24.4 Å². The summed E-state index contributed by atoms with van der Waals surface area (Å²) in [5.74, 6) is -1.34. The van der Waals surface area contributed by atoms with Crippen LogP contribution >= 0.6 is 11.3 Å². The fourth-order valence-corrected chi connectivity index (χ4v) is 3.47. The molecule has 6 heteroatoms. The molecule has 1 heterocycles. The van der Waals surface area contributed by atoms with Gasteiger partial charge in [-0.1, -0.05) is 44.5 Å². The number of amides is 1. The number of nitrogens with one attached hydrogen (secondary N) is 1. The van der Waals surface area contributed by atoms with Crippen LogP contribution in [0, 0.1) is 0 Å². The van der Waals surface area contributed by atoms with Gasteiger partial charge in [-0.25, -0.2) is 9.78 Å². The molecule has 1 unspecified atom stereocenters. The Morgan fingerprint density at radius 2 is 1.92 bits per heavy atom. The summed E-state index contributed by atoms with van der Waals surface area (Å²) in [5.41, 5.74) is 1.71. The minimum absolute atomic E-state index is 0.0795. The third-order valence-corrected chi connectivity index (χ3v) is 5.08. The fourth-order valence-electron chi connectivity index (χ4n) is 2.64. The smallest absolute Gasteiger partial charge is 0.329 e. The van der Waals surface area contributed by atoms with Crippen LogP contribution in [0.4, 0.5) is 0 Å². The van der Waals surface area contributed by atoms with Crippen LogP contribution in [0.2, 0.25) is 0 Å². The number of carbonyl (C=O) groups is 2. The van der Waals surface area contributed by atoms with Gasteiger partial charge < -0.3 is 10.4 Å². The van der Waals surface area contributed by atoms with Gasteiger partial charge in [-0.05, 0) is 25.3 Å². The Hall–Kier alpha value is -2.21. The van der Waals surface area contributed by atoms with Gasteiger partial charge in [0.25, 0.3) is 0 Å². The first kappa shape index (κ1) is 19.1. The second kappa shape index (κ2) is 8.25. The Balaban J connectivity index is 2.04. The van der Waals surface area contributed by atoms with Crippen molar-refractivity contribution >= 4 is 23.2 Å². The van der Waals surface area contributed by atoms with Gasteiger partial charge in [-0.15, -0.1) is 11.3 Å².